The predicted molar refractivity (Wildman–Crippen MR) is 51.4 cm³/mol. The van der Waals surface area contributed by atoms with Crippen molar-refractivity contribution >= 4 is 29.3 Å². The molecule has 0 aliphatic carbocycles. The number of hydrogen-bond acceptors (Lipinski definition) is 2. The summed E-state index contributed by atoms with van der Waals surface area (Å²) in [5.74, 6) is 0.910. The molecular weight excluding hydrogens is 194 g/mol. The van der Waals surface area contributed by atoms with Crippen molar-refractivity contribution < 1.29 is 4.79 Å². The summed E-state index contributed by atoms with van der Waals surface area (Å²) < 4.78 is 0.0678. The molecule has 0 aromatic carbocycles. The van der Waals surface area contributed by atoms with E-state index < -0.39 is 0 Å². The average molecular weight is 206 g/mol. The smallest absolute Gasteiger partial charge is 0.226 e. The maximum Gasteiger partial charge on any atom is 0.226 e. The van der Waals surface area contributed by atoms with Gasteiger partial charge in [-0.05, 0) is 13.8 Å². The van der Waals surface area contributed by atoms with Crippen molar-refractivity contribution in [1.82, 2.24) is 4.90 Å². The first-order chi connectivity index (χ1) is 5.58. The van der Waals surface area contributed by atoms with Gasteiger partial charge in [-0.3, -0.25) is 4.79 Å². The standard InChI is InChI=1S/C8H12ClNOS/c1-5-8(2,4-9)12-7-3-6(11)10(5)7/h5,7H,3-4H2,1-2H3. The van der Waals surface area contributed by atoms with E-state index in [1.807, 2.05) is 16.7 Å². The summed E-state index contributed by atoms with van der Waals surface area (Å²) in [4.78, 5) is 13.2. The second kappa shape index (κ2) is 2.55. The van der Waals surface area contributed by atoms with Gasteiger partial charge < -0.3 is 4.90 Å². The second-order valence-electron chi connectivity index (χ2n) is 3.70. The largest absolute Gasteiger partial charge is 0.326 e. The van der Waals surface area contributed by atoms with Crippen molar-refractivity contribution in [2.75, 3.05) is 5.88 Å². The summed E-state index contributed by atoms with van der Waals surface area (Å²) in [6, 6.07) is 0.297. The van der Waals surface area contributed by atoms with E-state index in [0.717, 1.165) is 0 Å². The van der Waals surface area contributed by atoms with E-state index >= 15 is 0 Å². The average Bonchev–Trinajstić information content (AvgIpc) is 2.21. The number of halogens is 1. The summed E-state index contributed by atoms with van der Waals surface area (Å²) in [5.41, 5.74) is 0. The fourth-order valence-corrected chi connectivity index (χ4v) is 3.86. The number of carbonyl (C=O) groups is 1. The van der Waals surface area contributed by atoms with Crippen molar-refractivity contribution in [2.24, 2.45) is 0 Å². The number of hydrogen-bond donors (Lipinski definition) is 0. The van der Waals surface area contributed by atoms with Crippen LogP contribution in [0.5, 0.6) is 0 Å². The van der Waals surface area contributed by atoms with Gasteiger partial charge in [0.05, 0.1) is 11.8 Å². The number of amides is 1. The number of rotatable bonds is 1. The Morgan fingerprint density at radius 1 is 1.83 bits per heavy atom. The van der Waals surface area contributed by atoms with Crippen molar-refractivity contribution in [1.29, 1.82) is 0 Å². The van der Waals surface area contributed by atoms with E-state index in [1.165, 1.54) is 0 Å². The third-order valence-corrected chi connectivity index (χ3v) is 5.32. The normalized spacial score (nSPS) is 45.9. The second-order valence-corrected chi connectivity index (χ2v) is 5.68. The molecule has 0 radical (unpaired) electrons. The lowest BCUT2D eigenvalue weighted by Gasteiger charge is -2.37. The Morgan fingerprint density at radius 2 is 2.50 bits per heavy atom. The van der Waals surface area contributed by atoms with Crippen molar-refractivity contribution in [3.8, 4) is 0 Å². The van der Waals surface area contributed by atoms with Gasteiger partial charge in [0.15, 0.2) is 0 Å². The highest BCUT2D eigenvalue weighted by Crippen LogP contribution is 2.50. The van der Waals surface area contributed by atoms with Crippen LogP contribution in [0.4, 0.5) is 0 Å². The Labute approximate surface area is 81.6 Å². The fraction of sp³-hybridized carbons (Fsp3) is 0.875. The lowest BCUT2D eigenvalue weighted by Crippen LogP contribution is -2.53. The Morgan fingerprint density at radius 3 is 2.92 bits per heavy atom. The van der Waals surface area contributed by atoms with Gasteiger partial charge >= 0.3 is 0 Å². The highest BCUT2D eigenvalue weighted by Gasteiger charge is 2.55. The summed E-state index contributed by atoms with van der Waals surface area (Å²) in [6.45, 7) is 4.23. The Balaban J connectivity index is 2.20. The molecule has 2 saturated heterocycles. The molecule has 2 aliphatic rings. The quantitative estimate of drug-likeness (QED) is 0.480. The zero-order chi connectivity index (χ0) is 8.93. The molecule has 0 aromatic rings. The molecule has 2 fully saturated rings. The molecule has 3 atom stereocenters. The molecule has 0 aromatic heterocycles. The molecular formula is C8H12ClNOS. The van der Waals surface area contributed by atoms with Crippen LogP contribution in [-0.2, 0) is 4.79 Å². The highest BCUT2D eigenvalue weighted by atomic mass is 35.5. The Bertz CT molecular complexity index is 235. The molecule has 12 heavy (non-hydrogen) atoms. The van der Waals surface area contributed by atoms with Gasteiger partial charge in [0.1, 0.15) is 0 Å². The van der Waals surface area contributed by atoms with E-state index in [4.69, 9.17) is 11.6 Å². The molecule has 1 amide bonds. The topological polar surface area (TPSA) is 20.3 Å². The van der Waals surface area contributed by atoms with E-state index in [-0.39, 0.29) is 10.7 Å². The maximum absolute atomic E-state index is 11.2. The summed E-state index contributed by atoms with van der Waals surface area (Å²) >= 11 is 7.74. The number of thioether (sulfide) groups is 1. The van der Waals surface area contributed by atoms with Gasteiger partial charge in [0.25, 0.3) is 0 Å². The lowest BCUT2D eigenvalue weighted by atomic mass is 10.0. The first-order valence-corrected chi connectivity index (χ1v) is 5.55. The third-order valence-electron chi connectivity index (χ3n) is 2.92. The van der Waals surface area contributed by atoms with Crippen molar-refractivity contribution in [3.05, 3.63) is 0 Å². The summed E-state index contributed by atoms with van der Waals surface area (Å²) in [6.07, 6.45) is 0.710. The van der Waals surface area contributed by atoms with Crippen molar-refractivity contribution in [2.45, 2.75) is 36.4 Å². The minimum absolute atomic E-state index is 0.0678. The first-order valence-electron chi connectivity index (χ1n) is 4.13. The van der Waals surface area contributed by atoms with Gasteiger partial charge in [0.2, 0.25) is 5.91 Å². The Hall–Kier alpha value is 0.110. The van der Waals surface area contributed by atoms with Crippen LogP contribution in [0.1, 0.15) is 20.3 Å². The molecule has 4 heteroatoms. The highest BCUT2D eigenvalue weighted by molar-refractivity contribution is 8.01. The molecule has 2 rings (SSSR count). The minimum atomic E-state index is 0.0678. The molecule has 68 valence electrons. The molecule has 2 aliphatic heterocycles. The van der Waals surface area contributed by atoms with Crippen LogP contribution in [0.15, 0.2) is 0 Å². The van der Waals surface area contributed by atoms with Crippen LogP contribution < -0.4 is 0 Å². The number of nitrogens with zero attached hydrogens (tertiary/aromatic N) is 1. The molecule has 0 spiro atoms. The maximum atomic E-state index is 11.2. The van der Waals surface area contributed by atoms with E-state index in [9.17, 15) is 4.79 Å². The molecule has 3 unspecified atom stereocenters. The van der Waals surface area contributed by atoms with Crippen LogP contribution in [0.2, 0.25) is 0 Å². The molecule has 2 heterocycles. The molecule has 2 nitrogen and oxygen atoms in total. The van der Waals surface area contributed by atoms with Gasteiger partial charge in [-0.1, -0.05) is 0 Å². The predicted octanol–water partition coefficient (Wildman–Crippen LogP) is 1.68. The van der Waals surface area contributed by atoms with Gasteiger partial charge in [-0.2, -0.15) is 0 Å². The molecule has 0 bridgehead atoms. The van der Waals surface area contributed by atoms with Crippen LogP contribution in [0, 0.1) is 0 Å². The SMILES string of the molecule is CC1N2C(=O)CC2SC1(C)CCl. The van der Waals surface area contributed by atoms with Crippen LogP contribution >= 0.6 is 23.4 Å². The lowest BCUT2D eigenvalue weighted by molar-refractivity contribution is -0.143. The van der Waals surface area contributed by atoms with Gasteiger partial charge in [0, 0.05) is 16.7 Å². The fourth-order valence-electron chi connectivity index (χ4n) is 1.81. The van der Waals surface area contributed by atoms with E-state index in [1.54, 1.807) is 0 Å². The van der Waals surface area contributed by atoms with Crippen LogP contribution in [0.3, 0.4) is 0 Å². The Kier molecular flexibility index (Phi) is 1.85. The number of alkyl halides is 1. The van der Waals surface area contributed by atoms with E-state index in [0.29, 0.717) is 23.7 Å². The minimum Gasteiger partial charge on any atom is -0.326 e. The number of carbonyl (C=O) groups excluding carboxylic acids is 1. The number of fused-ring (bicyclic) bond motifs is 1. The monoisotopic (exact) mass is 205 g/mol. The van der Waals surface area contributed by atoms with Crippen LogP contribution in [-0.4, -0.2) is 32.8 Å². The van der Waals surface area contributed by atoms with Crippen LogP contribution in [0.25, 0.3) is 0 Å². The number of β-lactam (4-membered cyclic amide) rings is 1. The van der Waals surface area contributed by atoms with E-state index in [2.05, 4.69) is 13.8 Å². The zero-order valence-corrected chi connectivity index (χ0v) is 8.78. The van der Waals surface area contributed by atoms with Gasteiger partial charge in [-0.15, -0.1) is 23.4 Å². The summed E-state index contributed by atoms with van der Waals surface area (Å²) in [7, 11) is 0. The molecule has 0 saturated carbocycles. The third kappa shape index (κ3) is 0.925. The van der Waals surface area contributed by atoms with Crippen molar-refractivity contribution in [3.63, 3.8) is 0 Å². The molecule has 0 N–H and O–H groups in total. The summed E-state index contributed by atoms with van der Waals surface area (Å²) in [5, 5.41) is 0.413. The van der Waals surface area contributed by atoms with Gasteiger partial charge in [-0.25, -0.2) is 0 Å². The first kappa shape index (κ1) is 8.70. The zero-order valence-electron chi connectivity index (χ0n) is 7.21.